The second-order valence-electron chi connectivity index (χ2n) is 4.02. The van der Waals surface area contributed by atoms with E-state index in [1.165, 1.54) is 0 Å². The zero-order chi connectivity index (χ0) is 10.6. The molecule has 0 amide bonds. The molecule has 0 spiro atoms. The average molecular weight is 202 g/mol. The van der Waals surface area contributed by atoms with Gasteiger partial charge in [-0.05, 0) is 20.3 Å². The number of rotatable bonds is 3. The molecule has 0 aliphatic carbocycles. The van der Waals surface area contributed by atoms with Gasteiger partial charge in [-0.1, -0.05) is 6.92 Å². The number of carbonyl (C=O) groups excluding carboxylic acids is 1. The second kappa shape index (κ2) is 4.75. The van der Waals surface area contributed by atoms with Crippen molar-refractivity contribution in [3.63, 3.8) is 0 Å². The summed E-state index contributed by atoms with van der Waals surface area (Å²) in [6.45, 7) is 7.08. The van der Waals surface area contributed by atoms with Crippen molar-refractivity contribution in [3.05, 3.63) is 0 Å². The average Bonchev–Trinajstić information content (AvgIpc) is 2.19. The molecule has 0 radical (unpaired) electrons. The van der Waals surface area contributed by atoms with Crippen molar-refractivity contribution in [2.45, 2.75) is 33.5 Å². The minimum atomic E-state index is -0.526. The zero-order valence-electron chi connectivity index (χ0n) is 9.04. The monoisotopic (exact) mass is 202 g/mol. The van der Waals surface area contributed by atoms with E-state index in [9.17, 15) is 4.79 Å². The fourth-order valence-corrected chi connectivity index (χ4v) is 0.957. The van der Waals surface area contributed by atoms with Crippen LogP contribution in [0.15, 0.2) is 0 Å². The van der Waals surface area contributed by atoms with Gasteiger partial charge in [-0.3, -0.25) is 4.79 Å². The molecule has 82 valence electrons. The van der Waals surface area contributed by atoms with Crippen molar-refractivity contribution in [2.75, 3.05) is 19.8 Å². The van der Waals surface area contributed by atoms with Gasteiger partial charge in [0.05, 0.1) is 18.6 Å². The third kappa shape index (κ3) is 2.96. The maximum absolute atomic E-state index is 11.6. The van der Waals surface area contributed by atoms with Gasteiger partial charge in [0.2, 0.25) is 6.29 Å². The summed E-state index contributed by atoms with van der Waals surface area (Å²) in [4.78, 5) is 11.6. The standard InChI is InChI=1S/C10H18O4/c1-4-10(2,3)9(11)14-8-7-12-5-6-13-8/h8H,4-7H2,1-3H3. The number of carbonyl (C=O) groups is 1. The van der Waals surface area contributed by atoms with Gasteiger partial charge in [0.15, 0.2) is 0 Å². The first-order valence-corrected chi connectivity index (χ1v) is 4.96. The van der Waals surface area contributed by atoms with E-state index in [1.807, 2.05) is 20.8 Å². The summed E-state index contributed by atoms with van der Waals surface area (Å²) in [7, 11) is 0. The third-order valence-corrected chi connectivity index (χ3v) is 2.46. The Morgan fingerprint density at radius 2 is 2.21 bits per heavy atom. The molecule has 1 aliphatic heterocycles. The van der Waals surface area contributed by atoms with Crippen LogP contribution in [0.4, 0.5) is 0 Å². The Kier molecular flexibility index (Phi) is 3.89. The van der Waals surface area contributed by atoms with Gasteiger partial charge >= 0.3 is 5.97 Å². The SMILES string of the molecule is CCC(C)(C)C(=O)OC1COCCO1. The van der Waals surface area contributed by atoms with Crippen LogP contribution in [0, 0.1) is 5.41 Å². The Morgan fingerprint density at radius 3 is 2.71 bits per heavy atom. The highest BCUT2D eigenvalue weighted by molar-refractivity contribution is 5.75. The molecule has 4 heteroatoms. The topological polar surface area (TPSA) is 44.8 Å². The minimum absolute atomic E-state index is 0.226. The van der Waals surface area contributed by atoms with E-state index in [2.05, 4.69) is 0 Å². The molecule has 14 heavy (non-hydrogen) atoms. The lowest BCUT2D eigenvalue weighted by molar-refractivity contribution is -0.220. The number of ether oxygens (including phenoxy) is 3. The van der Waals surface area contributed by atoms with Crippen LogP contribution < -0.4 is 0 Å². The van der Waals surface area contributed by atoms with Gasteiger partial charge in [-0.25, -0.2) is 0 Å². The molecule has 0 N–H and O–H groups in total. The van der Waals surface area contributed by atoms with Crippen molar-refractivity contribution >= 4 is 5.97 Å². The fraction of sp³-hybridized carbons (Fsp3) is 0.900. The van der Waals surface area contributed by atoms with Crippen LogP contribution in [-0.4, -0.2) is 32.1 Å². The van der Waals surface area contributed by atoms with E-state index < -0.39 is 11.7 Å². The first-order chi connectivity index (χ1) is 6.56. The predicted octanol–water partition coefficient (Wildman–Crippen LogP) is 1.34. The van der Waals surface area contributed by atoms with Crippen LogP contribution >= 0.6 is 0 Å². The van der Waals surface area contributed by atoms with Gasteiger partial charge in [0.1, 0.15) is 6.61 Å². The third-order valence-electron chi connectivity index (χ3n) is 2.46. The van der Waals surface area contributed by atoms with E-state index >= 15 is 0 Å². The van der Waals surface area contributed by atoms with Crippen molar-refractivity contribution < 1.29 is 19.0 Å². The largest absolute Gasteiger partial charge is 0.433 e. The van der Waals surface area contributed by atoms with Gasteiger partial charge < -0.3 is 14.2 Å². The number of esters is 1. The van der Waals surface area contributed by atoms with Crippen molar-refractivity contribution in [1.29, 1.82) is 0 Å². The summed E-state index contributed by atoms with van der Waals surface area (Å²) in [6.07, 6.45) is 0.224. The predicted molar refractivity (Wildman–Crippen MR) is 50.7 cm³/mol. The first-order valence-electron chi connectivity index (χ1n) is 4.96. The van der Waals surface area contributed by atoms with Crippen molar-refractivity contribution in [3.8, 4) is 0 Å². The lowest BCUT2D eigenvalue weighted by atomic mass is 9.91. The molecule has 0 aromatic heterocycles. The molecule has 1 rings (SSSR count). The molecule has 0 saturated carbocycles. The maximum Gasteiger partial charge on any atom is 0.313 e. The molecule has 1 unspecified atom stereocenters. The highest BCUT2D eigenvalue weighted by Crippen LogP contribution is 2.22. The smallest absolute Gasteiger partial charge is 0.313 e. The quantitative estimate of drug-likeness (QED) is 0.648. The Hall–Kier alpha value is -0.610. The van der Waals surface area contributed by atoms with E-state index in [4.69, 9.17) is 14.2 Å². The Balaban J connectivity index is 2.39. The van der Waals surface area contributed by atoms with Crippen LogP contribution in [0.25, 0.3) is 0 Å². The van der Waals surface area contributed by atoms with Crippen molar-refractivity contribution in [2.24, 2.45) is 5.41 Å². The zero-order valence-corrected chi connectivity index (χ0v) is 9.04. The Bertz CT molecular complexity index is 194. The van der Waals surface area contributed by atoms with Crippen LogP contribution in [0.5, 0.6) is 0 Å². The highest BCUT2D eigenvalue weighted by atomic mass is 16.7. The second-order valence-corrected chi connectivity index (χ2v) is 4.02. The van der Waals surface area contributed by atoms with Gasteiger partial charge in [-0.15, -0.1) is 0 Å². The van der Waals surface area contributed by atoms with Gasteiger partial charge in [0.25, 0.3) is 0 Å². The summed E-state index contributed by atoms with van der Waals surface area (Å²) in [6, 6.07) is 0. The molecule has 0 aromatic carbocycles. The van der Waals surface area contributed by atoms with E-state index in [1.54, 1.807) is 0 Å². The minimum Gasteiger partial charge on any atom is -0.433 e. The first kappa shape index (κ1) is 11.5. The van der Waals surface area contributed by atoms with Gasteiger partial charge in [-0.2, -0.15) is 0 Å². The Labute approximate surface area is 84.5 Å². The Morgan fingerprint density at radius 1 is 1.50 bits per heavy atom. The summed E-state index contributed by atoms with van der Waals surface area (Å²) in [5, 5.41) is 0. The van der Waals surface area contributed by atoms with Crippen LogP contribution in [0.3, 0.4) is 0 Å². The highest BCUT2D eigenvalue weighted by Gasteiger charge is 2.30. The fourth-order valence-electron chi connectivity index (χ4n) is 0.957. The molecule has 1 atom stereocenters. The molecule has 1 aliphatic rings. The molecule has 0 bridgehead atoms. The van der Waals surface area contributed by atoms with E-state index in [-0.39, 0.29) is 5.97 Å². The molecular formula is C10H18O4. The molecule has 1 saturated heterocycles. The summed E-state index contributed by atoms with van der Waals surface area (Å²) in [5.74, 6) is -0.226. The van der Waals surface area contributed by atoms with Gasteiger partial charge in [0, 0.05) is 0 Å². The van der Waals surface area contributed by atoms with Crippen molar-refractivity contribution in [1.82, 2.24) is 0 Å². The molecule has 0 aromatic rings. The normalized spacial score (nSPS) is 23.2. The number of hydrogen-bond acceptors (Lipinski definition) is 4. The maximum atomic E-state index is 11.6. The lowest BCUT2D eigenvalue weighted by Gasteiger charge is -2.27. The molecule has 1 fully saturated rings. The molecule has 1 heterocycles. The van der Waals surface area contributed by atoms with Crippen LogP contribution in [0.1, 0.15) is 27.2 Å². The van der Waals surface area contributed by atoms with E-state index in [0.29, 0.717) is 19.8 Å². The molecular weight excluding hydrogens is 184 g/mol. The lowest BCUT2D eigenvalue weighted by Crippen LogP contribution is -2.37. The molecule has 4 nitrogen and oxygen atoms in total. The summed E-state index contributed by atoms with van der Waals surface area (Å²) >= 11 is 0. The number of hydrogen-bond donors (Lipinski definition) is 0. The summed E-state index contributed by atoms with van der Waals surface area (Å²) < 4.78 is 15.5. The van der Waals surface area contributed by atoms with Crippen LogP contribution in [0.2, 0.25) is 0 Å². The van der Waals surface area contributed by atoms with E-state index in [0.717, 1.165) is 6.42 Å². The van der Waals surface area contributed by atoms with Crippen LogP contribution in [-0.2, 0) is 19.0 Å². The summed E-state index contributed by atoms with van der Waals surface area (Å²) in [5.41, 5.74) is -0.444.